The fourth-order valence-corrected chi connectivity index (χ4v) is 2.30. The minimum absolute atomic E-state index is 0.132. The molecule has 0 spiro atoms. The van der Waals surface area contributed by atoms with Crippen LogP contribution in [0.2, 0.25) is 5.02 Å². The molecule has 4 nitrogen and oxygen atoms in total. The molecule has 0 aliphatic carbocycles. The SMILES string of the molecule is CC[C@H](C)[C@@H]1NC(=O)N(Cc2ccccc2Cl)C1=O. The summed E-state index contributed by atoms with van der Waals surface area (Å²) in [6.07, 6.45) is 0.844. The van der Waals surface area contributed by atoms with E-state index in [1.807, 2.05) is 32.0 Å². The van der Waals surface area contributed by atoms with Crippen LogP contribution in [0, 0.1) is 5.92 Å². The predicted molar refractivity (Wildman–Crippen MR) is 73.8 cm³/mol. The Hall–Kier alpha value is -1.55. The molecule has 3 amide bonds. The number of amides is 3. The molecule has 1 aromatic carbocycles. The van der Waals surface area contributed by atoms with E-state index in [2.05, 4.69) is 5.32 Å². The third kappa shape index (κ3) is 2.73. The van der Waals surface area contributed by atoms with E-state index >= 15 is 0 Å². The second-order valence-corrected chi connectivity index (χ2v) is 5.24. The zero-order valence-electron chi connectivity index (χ0n) is 11.0. The molecule has 5 heteroatoms. The summed E-state index contributed by atoms with van der Waals surface area (Å²) in [5.74, 6) is -0.0352. The van der Waals surface area contributed by atoms with Crippen molar-refractivity contribution in [3.05, 3.63) is 34.9 Å². The molecule has 0 unspecified atom stereocenters. The van der Waals surface area contributed by atoms with Crippen molar-refractivity contribution < 1.29 is 9.59 Å². The Morgan fingerprint density at radius 3 is 2.68 bits per heavy atom. The number of rotatable bonds is 4. The predicted octanol–water partition coefficient (Wildman–Crippen LogP) is 2.81. The maximum absolute atomic E-state index is 12.2. The number of halogens is 1. The molecule has 1 saturated heterocycles. The van der Waals surface area contributed by atoms with Crippen LogP contribution < -0.4 is 5.32 Å². The van der Waals surface area contributed by atoms with Crippen molar-refractivity contribution in [2.24, 2.45) is 5.92 Å². The van der Waals surface area contributed by atoms with Crippen LogP contribution in [0.3, 0.4) is 0 Å². The molecular weight excluding hydrogens is 264 g/mol. The van der Waals surface area contributed by atoms with Crippen LogP contribution in [0.25, 0.3) is 0 Å². The molecule has 0 radical (unpaired) electrons. The van der Waals surface area contributed by atoms with Crippen LogP contribution in [-0.4, -0.2) is 22.9 Å². The second kappa shape index (κ2) is 5.61. The summed E-state index contributed by atoms with van der Waals surface area (Å²) in [5.41, 5.74) is 0.775. The Balaban J connectivity index is 2.16. The number of carbonyl (C=O) groups is 2. The van der Waals surface area contributed by atoms with Gasteiger partial charge in [-0.05, 0) is 17.5 Å². The molecule has 2 atom stereocenters. The number of nitrogens with zero attached hydrogens (tertiary/aromatic N) is 1. The first-order chi connectivity index (χ1) is 9.04. The number of nitrogens with one attached hydrogen (secondary N) is 1. The van der Waals surface area contributed by atoms with Gasteiger partial charge in [-0.2, -0.15) is 0 Å². The summed E-state index contributed by atoms with van der Waals surface area (Å²) >= 11 is 6.05. The Labute approximate surface area is 117 Å². The van der Waals surface area contributed by atoms with Crippen LogP contribution in [0.15, 0.2) is 24.3 Å². The molecule has 1 aliphatic heterocycles. The van der Waals surface area contributed by atoms with Crippen molar-refractivity contribution in [2.45, 2.75) is 32.9 Å². The van der Waals surface area contributed by atoms with Gasteiger partial charge in [0.1, 0.15) is 6.04 Å². The van der Waals surface area contributed by atoms with Crippen LogP contribution in [0.4, 0.5) is 4.79 Å². The standard InChI is InChI=1S/C14H17ClN2O2/c1-3-9(2)12-13(18)17(14(19)16-12)8-10-6-4-5-7-11(10)15/h4-7,9,12H,3,8H2,1-2H3,(H,16,19)/t9-,12-/m0/s1. The number of benzene rings is 1. The van der Waals surface area contributed by atoms with Crippen molar-refractivity contribution in [2.75, 3.05) is 0 Å². The van der Waals surface area contributed by atoms with Crippen molar-refractivity contribution in [3.63, 3.8) is 0 Å². The molecule has 19 heavy (non-hydrogen) atoms. The van der Waals surface area contributed by atoms with Crippen molar-refractivity contribution in [1.82, 2.24) is 10.2 Å². The topological polar surface area (TPSA) is 49.4 Å². The lowest BCUT2D eigenvalue weighted by Gasteiger charge is -2.16. The van der Waals surface area contributed by atoms with Crippen molar-refractivity contribution in [1.29, 1.82) is 0 Å². The first kappa shape index (κ1) is 13.9. The van der Waals surface area contributed by atoms with Gasteiger partial charge >= 0.3 is 6.03 Å². The Bertz CT molecular complexity index is 504. The molecule has 1 aromatic rings. The molecule has 102 valence electrons. The van der Waals surface area contributed by atoms with Gasteiger partial charge in [0, 0.05) is 5.02 Å². The third-order valence-corrected chi connectivity index (χ3v) is 3.92. The van der Waals surface area contributed by atoms with Gasteiger partial charge in [-0.3, -0.25) is 9.69 Å². The van der Waals surface area contributed by atoms with E-state index in [1.165, 1.54) is 4.90 Å². The summed E-state index contributed by atoms with van der Waals surface area (Å²) < 4.78 is 0. The van der Waals surface area contributed by atoms with Crippen molar-refractivity contribution in [3.8, 4) is 0 Å². The highest BCUT2D eigenvalue weighted by atomic mass is 35.5. The highest BCUT2D eigenvalue weighted by Crippen LogP contribution is 2.22. The third-order valence-electron chi connectivity index (χ3n) is 3.56. The lowest BCUT2D eigenvalue weighted by molar-refractivity contribution is -0.128. The highest BCUT2D eigenvalue weighted by Gasteiger charge is 2.40. The normalized spacial score (nSPS) is 20.6. The van der Waals surface area contributed by atoms with E-state index in [1.54, 1.807) is 6.07 Å². The minimum Gasteiger partial charge on any atom is -0.326 e. The zero-order chi connectivity index (χ0) is 14.0. The monoisotopic (exact) mass is 280 g/mol. The summed E-state index contributed by atoms with van der Waals surface area (Å²) in [5, 5.41) is 3.30. The molecule has 1 N–H and O–H groups in total. The van der Waals surface area contributed by atoms with Crippen LogP contribution in [-0.2, 0) is 11.3 Å². The molecule has 0 aromatic heterocycles. The van der Waals surface area contributed by atoms with E-state index in [0.29, 0.717) is 5.02 Å². The molecular formula is C14H17ClN2O2. The van der Waals surface area contributed by atoms with E-state index in [4.69, 9.17) is 11.6 Å². The largest absolute Gasteiger partial charge is 0.326 e. The Morgan fingerprint density at radius 2 is 2.05 bits per heavy atom. The van der Waals surface area contributed by atoms with Gasteiger partial charge in [0.05, 0.1) is 6.54 Å². The second-order valence-electron chi connectivity index (χ2n) is 4.83. The quantitative estimate of drug-likeness (QED) is 0.862. The van der Waals surface area contributed by atoms with E-state index in [0.717, 1.165) is 12.0 Å². The highest BCUT2D eigenvalue weighted by molar-refractivity contribution is 6.31. The average molecular weight is 281 g/mol. The minimum atomic E-state index is -0.417. The summed E-state index contributed by atoms with van der Waals surface area (Å²) in [7, 11) is 0. The van der Waals surface area contributed by atoms with Crippen LogP contribution in [0.1, 0.15) is 25.8 Å². The summed E-state index contributed by atoms with van der Waals surface area (Å²) in [6.45, 7) is 4.18. The number of hydrogen-bond acceptors (Lipinski definition) is 2. The fourth-order valence-electron chi connectivity index (χ4n) is 2.11. The van der Waals surface area contributed by atoms with Gasteiger partial charge in [0.15, 0.2) is 0 Å². The molecule has 0 bridgehead atoms. The zero-order valence-corrected chi connectivity index (χ0v) is 11.8. The summed E-state index contributed by atoms with van der Waals surface area (Å²) in [6, 6.07) is 6.47. The first-order valence-electron chi connectivity index (χ1n) is 6.39. The van der Waals surface area contributed by atoms with Gasteiger partial charge in [-0.15, -0.1) is 0 Å². The molecule has 0 saturated carbocycles. The number of hydrogen-bond donors (Lipinski definition) is 1. The van der Waals surface area contributed by atoms with E-state index < -0.39 is 6.04 Å². The average Bonchev–Trinajstić information content (AvgIpc) is 2.68. The Morgan fingerprint density at radius 1 is 1.37 bits per heavy atom. The fraction of sp³-hybridized carbons (Fsp3) is 0.429. The van der Waals surface area contributed by atoms with Crippen molar-refractivity contribution >= 4 is 23.5 Å². The number of carbonyl (C=O) groups excluding carboxylic acids is 2. The van der Waals surface area contributed by atoms with E-state index in [9.17, 15) is 9.59 Å². The van der Waals surface area contributed by atoms with Crippen LogP contribution in [0.5, 0.6) is 0 Å². The van der Waals surface area contributed by atoms with Gasteiger partial charge in [0.25, 0.3) is 5.91 Å². The van der Waals surface area contributed by atoms with Gasteiger partial charge < -0.3 is 5.32 Å². The molecule has 1 heterocycles. The number of imide groups is 1. The van der Waals surface area contributed by atoms with Gasteiger partial charge in [-0.1, -0.05) is 50.1 Å². The Kier molecular flexibility index (Phi) is 4.10. The summed E-state index contributed by atoms with van der Waals surface area (Å²) in [4.78, 5) is 25.3. The maximum Gasteiger partial charge on any atom is 0.325 e. The molecule has 1 aliphatic rings. The first-order valence-corrected chi connectivity index (χ1v) is 6.77. The van der Waals surface area contributed by atoms with Crippen LogP contribution >= 0.6 is 11.6 Å². The molecule has 1 fully saturated rings. The van der Waals surface area contributed by atoms with Gasteiger partial charge in [-0.25, -0.2) is 4.79 Å². The van der Waals surface area contributed by atoms with E-state index in [-0.39, 0.29) is 24.4 Å². The lowest BCUT2D eigenvalue weighted by atomic mass is 9.99. The smallest absolute Gasteiger partial charge is 0.325 e. The lowest BCUT2D eigenvalue weighted by Crippen LogP contribution is -2.35. The number of urea groups is 1. The molecule has 2 rings (SSSR count). The van der Waals surface area contributed by atoms with Gasteiger partial charge in [0.2, 0.25) is 0 Å². The maximum atomic E-state index is 12.2.